The third-order valence-electron chi connectivity index (χ3n) is 5.02. The zero-order chi connectivity index (χ0) is 18.4. The van der Waals surface area contributed by atoms with E-state index in [0.717, 1.165) is 50.9 Å². The molecule has 3 rings (SSSR count). The number of amides is 2. The zero-order valence-corrected chi connectivity index (χ0v) is 15.4. The lowest BCUT2D eigenvalue weighted by atomic mass is 9.93. The second-order valence-corrected chi connectivity index (χ2v) is 7.19. The van der Waals surface area contributed by atoms with Gasteiger partial charge in [-0.1, -0.05) is 0 Å². The molecule has 1 saturated carbocycles. The van der Waals surface area contributed by atoms with Crippen molar-refractivity contribution in [1.82, 2.24) is 10.2 Å². The van der Waals surface area contributed by atoms with Gasteiger partial charge in [-0.3, -0.25) is 9.59 Å². The first-order valence-corrected chi connectivity index (χ1v) is 9.48. The van der Waals surface area contributed by atoms with Gasteiger partial charge >= 0.3 is 0 Å². The van der Waals surface area contributed by atoms with E-state index < -0.39 is 0 Å². The van der Waals surface area contributed by atoms with E-state index in [4.69, 9.17) is 9.47 Å². The van der Waals surface area contributed by atoms with Crippen LogP contribution in [0.2, 0.25) is 0 Å². The topological polar surface area (TPSA) is 67.9 Å². The molecule has 6 nitrogen and oxygen atoms in total. The lowest BCUT2D eigenvalue weighted by molar-refractivity contribution is -0.135. The third kappa shape index (κ3) is 5.64. The predicted molar refractivity (Wildman–Crippen MR) is 98.2 cm³/mol. The van der Waals surface area contributed by atoms with Gasteiger partial charge in [0.1, 0.15) is 11.5 Å². The molecule has 1 N–H and O–H groups in total. The number of nitrogens with one attached hydrogen (secondary N) is 1. The van der Waals surface area contributed by atoms with Crippen LogP contribution in [-0.2, 0) is 9.59 Å². The molecular weight excluding hydrogens is 332 g/mol. The molecule has 2 aliphatic rings. The third-order valence-corrected chi connectivity index (χ3v) is 5.02. The number of ether oxygens (including phenoxy) is 2. The molecule has 1 aromatic carbocycles. The van der Waals surface area contributed by atoms with Gasteiger partial charge in [0.25, 0.3) is 5.91 Å². The number of hydrogen-bond donors (Lipinski definition) is 1. The Morgan fingerprint density at radius 1 is 1.15 bits per heavy atom. The molecule has 142 valence electrons. The van der Waals surface area contributed by atoms with Crippen LogP contribution in [0.1, 0.15) is 38.5 Å². The minimum atomic E-state index is 0.00736. The molecule has 2 fully saturated rings. The zero-order valence-electron chi connectivity index (χ0n) is 15.4. The number of rotatable bonds is 8. The smallest absolute Gasteiger partial charge is 0.260 e. The highest BCUT2D eigenvalue weighted by Crippen LogP contribution is 2.23. The number of carbonyl (C=O) groups is 2. The summed E-state index contributed by atoms with van der Waals surface area (Å²) in [5, 5.41) is 3.03. The number of likely N-dealkylation sites (tertiary alicyclic amines) is 1. The molecular formula is C20H28N2O4. The van der Waals surface area contributed by atoms with Gasteiger partial charge < -0.3 is 19.7 Å². The van der Waals surface area contributed by atoms with Crippen LogP contribution >= 0.6 is 0 Å². The molecule has 26 heavy (non-hydrogen) atoms. The average Bonchev–Trinajstić information content (AvgIpc) is 3.49. The molecule has 1 atom stereocenters. The maximum absolute atomic E-state index is 12.4. The number of hydrogen-bond acceptors (Lipinski definition) is 4. The van der Waals surface area contributed by atoms with E-state index >= 15 is 0 Å². The molecule has 1 aliphatic carbocycles. The Bertz CT molecular complexity index is 613. The Morgan fingerprint density at radius 2 is 1.88 bits per heavy atom. The molecule has 1 aromatic rings. The van der Waals surface area contributed by atoms with Crippen LogP contribution in [0.4, 0.5) is 0 Å². The molecule has 0 bridgehead atoms. The number of carbonyl (C=O) groups excluding carboxylic acids is 2. The number of benzene rings is 1. The fourth-order valence-corrected chi connectivity index (χ4v) is 3.30. The summed E-state index contributed by atoms with van der Waals surface area (Å²) in [4.78, 5) is 26.1. The summed E-state index contributed by atoms with van der Waals surface area (Å²) in [5.41, 5.74) is 0. The maximum atomic E-state index is 12.4. The quantitative estimate of drug-likeness (QED) is 0.773. The van der Waals surface area contributed by atoms with Crippen molar-refractivity contribution in [2.45, 2.75) is 44.6 Å². The van der Waals surface area contributed by atoms with Crippen molar-refractivity contribution in [3.8, 4) is 11.5 Å². The lowest BCUT2D eigenvalue weighted by Crippen LogP contribution is -2.42. The van der Waals surface area contributed by atoms with Gasteiger partial charge in [-0.2, -0.15) is 0 Å². The van der Waals surface area contributed by atoms with E-state index in [9.17, 15) is 9.59 Å². The molecule has 0 radical (unpaired) electrons. The first-order valence-electron chi connectivity index (χ1n) is 9.48. The van der Waals surface area contributed by atoms with Gasteiger partial charge in [-0.05, 0) is 62.3 Å². The Hall–Kier alpha value is -2.24. The predicted octanol–water partition coefficient (Wildman–Crippen LogP) is 2.37. The standard InChI is InChI=1S/C20H28N2O4/c1-25-17-7-9-18(10-8-17)26-14-20(24)22-12-2-3-15(13-22)4-11-19(23)21-16-5-6-16/h7-10,15-16H,2-6,11-14H2,1H3,(H,21,23)/t15-/m0/s1. The lowest BCUT2D eigenvalue weighted by Gasteiger charge is -2.32. The van der Waals surface area contributed by atoms with Crippen LogP contribution in [0.3, 0.4) is 0 Å². The van der Waals surface area contributed by atoms with E-state index in [1.54, 1.807) is 19.2 Å². The second kappa shape index (κ2) is 8.92. The Morgan fingerprint density at radius 3 is 2.58 bits per heavy atom. The summed E-state index contributed by atoms with van der Waals surface area (Å²) >= 11 is 0. The van der Waals surface area contributed by atoms with Crippen LogP contribution in [0, 0.1) is 5.92 Å². The number of piperidine rings is 1. The minimum Gasteiger partial charge on any atom is -0.497 e. The molecule has 1 heterocycles. The summed E-state index contributed by atoms with van der Waals surface area (Å²) in [6.07, 6.45) is 5.72. The number of methoxy groups -OCH3 is 1. The molecule has 1 saturated heterocycles. The molecule has 0 aromatic heterocycles. The Kier molecular flexibility index (Phi) is 6.36. The SMILES string of the molecule is COc1ccc(OCC(=O)N2CCC[C@@H](CCC(=O)NC3CC3)C2)cc1. The Balaban J connectivity index is 1.39. The largest absolute Gasteiger partial charge is 0.497 e. The van der Waals surface area contributed by atoms with Gasteiger partial charge in [0, 0.05) is 25.6 Å². The highest BCUT2D eigenvalue weighted by atomic mass is 16.5. The highest BCUT2D eigenvalue weighted by Gasteiger charge is 2.26. The fraction of sp³-hybridized carbons (Fsp3) is 0.600. The van der Waals surface area contributed by atoms with Crippen molar-refractivity contribution >= 4 is 11.8 Å². The molecule has 2 amide bonds. The van der Waals surface area contributed by atoms with Crippen LogP contribution in [-0.4, -0.2) is 49.6 Å². The molecule has 6 heteroatoms. The monoisotopic (exact) mass is 360 g/mol. The summed E-state index contributed by atoms with van der Waals surface area (Å²) in [7, 11) is 1.61. The van der Waals surface area contributed by atoms with E-state index in [1.165, 1.54) is 0 Å². The minimum absolute atomic E-state index is 0.00736. The van der Waals surface area contributed by atoms with Crippen molar-refractivity contribution in [3.05, 3.63) is 24.3 Å². The maximum Gasteiger partial charge on any atom is 0.260 e. The molecule has 0 unspecified atom stereocenters. The summed E-state index contributed by atoms with van der Waals surface area (Å²) < 4.78 is 10.7. The van der Waals surface area contributed by atoms with Crippen LogP contribution in [0.5, 0.6) is 11.5 Å². The van der Waals surface area contributed by atoms with Crippen molar-refractivity contribution in [1.29, 1.82) is 0 Å². The fourth-order valence-electron chi connectivity index (χ4n) is 3.30. The van der Waals surface area contributed by atoms with Gasteiger partial charge in [0.15, 0.2) is 6.61 Å². The summed E-state index contributed by atoms with van der Waals surface area (Å²) in [6, 6.07) is 7.63. The van der Waals surface area contributed by atoms with E-state index in [0.29, 0.717) is 24.1 Å². The first kappa shape index (κ1) is 18.5. The van der Waals surface area contributed by atoms with Crippen LogP contribution in [0.25, 0.3) is 0 Å². The van der Waals surface area contributed by atoms with Gasteiger partial charge in [0.2, 0.25) is 5.91 Å². The van der Waals surface area contributed by atoms with Crippen LogP contribution in [0.15, 0.2) is 24.3 Å². The van der Waals surface area contributed by atoms with Gasteiger partial charge in [0.05, 0.1) is 7.11 Å². The molecule has 0 spiro atoms. The number of nitrogens with zero attached hydrogens (tertiary/aromatic N) is 1. The normalized spacial score (nSPS) is 19.7. The summed E-state index contributed by atoms with van der Waals surface area (Å²) in [5.74, 6) is 1.98. The van der Waals surface area contributed by atoms with Crippen LogP contribution < -0.4 is 14.8 Å². The average molecular weight is 360 g/mol. The van der Waals surface area contributed by atoms with Crippen molar-refractivity contribution in [2.24, 2.45) is 5.92 Å². The van der Waals surface area contributed by atoms with E-state index in [2.05, 4.69) is 5.32 Å². The Labute approximate surface area is 154 Å². The van der Waals surface area contributed by atoms with Gasteiger partial charge in [-0.25, -0.2) is 0 Å². The van der Waals surface area contributed by atoms with E-state index in [1.807, 2.05) is 17.0 Å². The van der Waals surface area contributed by atoms with E-state index in [-0.39, 0.29) is 18.4 Å². The molecule has 1 aliphatic heterocycles. The second-order valence-electron chi connectivity index (χ2n) is 7.19. The summed E-state index contributed by atoms with van der Waals surface area (Å²) in [6.45, 7) is 1.54. The van der Waals surface area contributed by atoms with Crippen molar-refractivity contribution < 1.29 is 19.1 Å². The highest BCUT2D eigenvalue weighted by molar-refractivity contribution is 5.78. The van der Waals surface area contributed by atoms with Crippen molar-refractivity contribution in [3.63, 3.8) is 0 Å². The first-order chi connectivity index (χ1) is 12.6. The van der Waals surface area contributed by atoms with Gasteiger partial charge in [-0.15, -0.1) is 0 Å². The van der Waals surface area contributed by atoms with Crippen molar-refractivity contribution in [2.75, 3.05) is 26.8 Å².